The van der Waals surface area contributed by atoms with Crippen LogP contribution in [-0.2, 0) is 6.54 Å². The van der Waals surface area contributed by atoms with Crippen molar-refractivity contribution in [2.45, 2.75) is 31.9 Å². The van der Waals surface area contributed by atoms with Gasteiger partial charge in [0, 0.05) is 13.1 Å². The molecule has 2 aromatic carbocycles. The van der Waals surface area contributed by atoms with Gasteiger partial charge in [-0.2, -0.15) is 0 Å². The fourth-order valence-corrected chi connectivity index (χ4v) is 4.15. The Morgan fingerprint density at radius 1 is 1.07 bits per heavy atom. The summed E-state index contributed by atoms with van der Waals surface area (Å²) in [6.45, 7) is 3.45. The Morgan fingerprint density at radius 3 is 2.48 bits per heavy atom. The number of halogens is 2. The Labute approximate surface area is 175 Å². The number of para-hydroxylation sites is 2. The average molecular weight is 420 g/mol. The highest BCUT2D eigenvalue weighted by atomic mass is 35.5. The number of hydrogen-bond acceptors (Lipinski definition) is 3. The van der Waals surface area contributed by atoms with E-state index in [4.69, 9.17) is 0 Å². The SMILES string of the molecule is Cl.O=c1[nH]c2ccccc2n1CCN1CCC(CC(O)c2ccc(F)cc2)CC1. The van der Waals surface area contributed by atoms with Gasteiger partial charge in [0.05, 0.1) is 17.1 Å². The number of H-pyrrole nitrogens is 1. The number of aliphatic hydroxyl groups is 1. The second-order valence-corrected chi connectivity index (χ2v) is 7.69. The maximum absolute atomic E-state index is 13.0. The molecule has 1 aromatic heterocycles. The van der Waals surface area contributed by atoms with Gasteiger partial charge < -0.3 is 15.0 Å². The van der Waals surface area contributed by atoms with Crippen LogP contribution in [0.25, 0.3) is 11.0 Å². The van der Waals surface area contributed by atoms with E-state index in [1.165, 1.54) is 12.1 Å². The predicted octanol–water partition coefficient (Wildman–Crippen LogP) is 3.73. The first-order valence-corrected chi connectivity index (χ1v) is 9.93. The average Bonchev–Trinajstić information content (AvgIpc) is 3.03. The smallest absolute Gasteiger partial charge is 0.326 e. The van der Waals surface area contributed by atoms with E-state index in [9.17, 15) is 14.3 Å². The van der Waals surface area contributed by atoms with Crippen LogP contribution in [0.2, 0.25) is 0 Å². The van der Waals surface area contributed by atoms with E-state index in [-0.39, 0.29) is 23.9 Å². The number of aromatic amines is 1. The summed E-state index contributed by atoms with van der Waals surface area (Å²) in [5.41, 5.74) is 2.55. The Bertz CT molecular complexity index is 978. The number of hydrogen-bond donors (Lipinski definition) is 2. The largest absolute Gasteiger partial charge is 0.388 e. The van der Waals surface area contributed by atoms with Gasteiger partial charge >= 0.3 is 5.69 Å². The second kappa shape index (κ2) is 9.57. The third-order valence-electron chi connectivity index (χ3n) is 5.84. The van der Waals surface area contributed by atoms with Crippen LogP contribution in [0.4, 0.5) is 4.39 Å². The topological polar surface area (TPSA) is 61.3 Å². The first-order valence-electron chi connectivity index (χ1n) is 9.93. The van der Waals surface area contributed by atoms with E-state index in [2.05, 4.69) is 9.88 Å². The first kappa shape index (κ1) is 21.6. The van der Waals surface area contributed by atoms with E-state index in [0.29, 0.717) is 18.9 Å². The van der Waals surface area contributed by atoms with Crippen molar-refractivity contribution in [2.24, 2.45) is 5.92 Å². The predicted molar refractivity (Wildman–Crippen MR) is 115 cm³/mol. The minimum Gasteiger partial charge on any atom is -0.388 e. The van der Waals surface area contributed by atoms with Crippen LogP contribution in [0.1, 0.15) is 30.9 Å². The van der Waals surface area contributed by atoms with Crippen LogP contribution in [-0.4, -0.2) is 39.2 Å². The number of nitrogens with zero attached hydrogens (tertiary/aromatic N) is 2. The minimum atomic E-state index is -0.540. The van der Waals surface area contributed by atoms with Gasteiger partial charge in [-0.3, -0.25) is 4.57 Å². The molecule has 1 fully saturated rings. The molecule has 5 nitrogen and oxygen atoms in total. The third kappa shape index (κ3) is 5.07. The fourth-order valence-electron chi connectivity index (χ4n) is 4.15. The number of rotatable bonds is 6. The summed E-state index contributed by atoms with van der Waals surface area (Å²) in [5, 5.41) is 10.4. The Balaban J connectivity index is 0.00000240. The van der Waals surface area contributed by atoms with Crippen LogP contribution in [0.15, 0.2) is 53.3 Å². The van der Waals surface area contributed by atoms with Gasteiger partial charge in [0.25, 0.3) is 0 Å². The Morgan fingerprint density at radius 2 is 1.76 bits per heavy atom. The number of aliphatic hydroxyl groups excluding tert-OH is 1. The molecule has 2 heterocycles. The minimum absolute atomic E-state index is 0. The molecule has 1 saturated heterocycles. The van der Waals surface area contributed by atoms with Crippen molar-refractivity contribution in [3.05, 3.63) is 70.4 Å². The molecule has 0 saturated carbocycles. The summed E-state index contributed by atoms with van der Waals surface area (Å²) < 4.78 is 14.8. The van der Waals surface area contributed by atoms with Gasteiger partial charge in [-0.15, -0.1) is 12.4 Å². The molecule has 156 valence electrons. The second-order valence-electron chi connectivity index (χ2n) is 7.69. The number of likely N-dealkylation sites (tertiary alicyclic amines) is 1. The fraction of sp³-hybridized carbons (Fsp3) is 0.409. The van der Waals surface area contributed by atoms with Crippen LogP contribution < -0.4 is 5.69 Å². The summed E-state index contributed by atoms with van der Waals surface area (Å²) in [4.78, 5) is 17.5. The molecule has 2 N–H and O–H groups in total. The van der Waals surface area contributed by atoms with Gasteiger partial charge in [0.1, 0.15) is 5.82 Å². The van der Waals surface area contributed by atoms with Crippen LogP contribution in [0.5, 0.6) is 0 Å². The number of benzene rings is 2. The Hall–Kier alpha value is -2.15. The highest BCUT2D eigenvalue weighted by molar-refractivity contribution is 5.85. The first-order chi connectivity index (χ1) is 13.6. The van der Waals surface area contributed by atoms with Gasteiger partial charge in [-0.25, -0.2) is 9.18 Å². The monoisotopic (exact) mass is 419 g/mol. The van der Waals surface area contributed by atoms with Gasteiger partial charge in [0.15, 0.2) is 0 Å². The summed E-state index contributed by atoms with van der Waals surface area (Å²) in [7, 11) is 0. The summed E-state index contributed by atoms with van der Waals surface area (Å²) in [6.07, 6.45) is 2.23. The molecule has 3 aromatic rings. The number of aromatic nitrogens is 2. The molecular weight excluding hydrogens is 393 g/mol. The molecule has 1 aliphatic heterocycles. The maximum Gasteiger partial charge on any atom is 0.326 e. The lowest BCUT2D eigenvalue weighted by molar-refractivity contribution is 0.107. The van der Waals surface area contributed by atoms with Crippen molar-refractivity contribution >= 4 is 23.4 Å². The zero-order valence-corrected chi connectivity index (χ0v) is 17.1. The lowest BCUT2D eigenvalue weighted by atomic mass is 9.89. The van der Waals surface area contributed by atoms with Crippen LogP contribution in [0.3, 0.4) is 0 Å². The van der Waals surface area contributed by atoms with E-state index in [1.807, 2.05) is 24.3 Å². The molecule has 0 aliphatic carbocycles. The molecule has 0 bridgehead atoms. The highest BCUT2D eigenvalue weighted by Crippen LogP contribution is 2.28. The quantitative estimate of drug-likeness (QED) is 0.640. The lowest BCUT2D eigenvalue weighted by Gasteiger charge is -2.33. The molecule has 0 radical (unpaired) electrons. The van der Waals surface area contributed by atoms with E-state index >= 15 is 0 Å². The van der Waals surface area contributed by atoms with Gasteiger partial charge in [-0.1, -0.05) is 24.3 Å². The molecule has 7 heteroatoms. The van der Waals surface area contributed by atoms with E-state index in [0.717, 1.165) is 49.1 Å². The van der Waals surface area contributed by atoms with Crippen molar-refractivity contribution < 1.29 is 9.50 Å². The normalized spacial score (nSPS) is 16.6. The molecule has 0 spiro atoms. The summed E-state index contributed by atoms with van der Waals surface area (Å²) >= 11 is 0. The molecule has 4 rings (SSSR count). The van der Waals surface area contributed by atoms with Gasteiger partial charge in [-0.05, 0) is 68.1 Å². The molecule has 29 heavy (non-hydrogen) atoms. The molecule has 0 amide bonds. The zero-order chi connectivity index (χ0) is 19.5. The molecule has 1 unspecified atom stereocenters. The summed E-state index contributed by atoms with van der Waals surface area (Å²) in [6, 6.07) is 13.9. The highest BCUT2D eigenvalue weighted by Gasteiger charge is 2.22. The van der Waals surface area contributed by atoms with Crippen molar-refractivity contribution in [3.63, 3.8) is 0 Å². The standard InChI is InChI=1S/C22H26FN3O2.ClH/c23-18-7-5-17(6-8-18)21(27)15-16-9-11-25(12-10-16)13-14-26-20-4-2-1-3-19(20)24-22(26)28;/h1-8,16,21,27H,9-15H2,(H,24,28);1H. The molecule has 1 aliphatic rings. The maximum atomic E-state index is 13.0. The third-order valence-corrected chi connectivity index (χ3v) is 5.84. The Kier molecular flexibility index (Phi) is 7.11. The lowest BCUT2D eigenvalue weighted by Crippen LogP contribution is -2.37. The number of imidazole rings is 1. The molecule has 1 atom stereocenters. The van der Waals surface area contributed by atoms with Crippen LogP contribution >= 0.6 is 12.4 Å². The number of fused-ring (bicyclic) bond motifs is 1. The number of piperidine rings is 1. The number of nitrogens with one attached hydrogen (secondary N) is 1. The van der Waals surface area contributed by atoms with Crippen molar-refractivity contribution in [1.29, 1.82) is 0 Å². The summed E-state index contributed by atoms with van der Waals surface area (Å²) in [5.74, 6) is 0.186. The van der Waals surface area contributed by atoms with Crippen molar-refractivity contribution in [3.8, 4) is 0 Å². The van der Waals surface area contributed by atoms with Crippen molar-refractivity contribution in [1.82, 2.24) is 14.5 Å². The van der Waals surface area contributed by atoms with Crippen LogP contribution in [0, 0.1) is 11.7 Å². The van der Waals surface area contributed by atoms with Gasteiger partial charge in [0.2, 0.25) is 0 Å². The molecular formula is C22H27ClFN3O2. The van der Waals surface area contributed by atoms with E-state index in [1.54, 1.807) is 16.7 Å². The zero-order valence-electron chi connectivity index (χ0n) is 16.3. The van der Waals surface area contributed by atoms with Crippen molar-refractivity contribution in [2.75, 3.05) is 19.6 Å². The van der Waals surface area contributed by atoms with E-state index < -0.39 is 6.10 Å².